The predicted octanol–water partition coefficient (Wildman–Crippen LogP) is 3.84. The van der Waals surface area contributed by atoms with Gasteiger partial charge in [-0.3, -0.25) is 9.59 Å². The standard InChI is InChI=1S/C15H18Cl2N2O3/c1-9(22-15(21)10-5-3-2-4-6-10)14(20)19-13-12(17)7-11(16)8-18-13/h7-10H,2-6H2,1H3,(H,18,19,20). The third-order valence-corrected chi connectivity index (χ3v) is 4.14. The van der Waals surface area contributed by atoms with Crippen molar-refractivity contribution in [1.29, 1.82) is 0 Å². The molecule has 1 atom stereocenters. The minimum Gasteiger partial charge on any atom is -0.452 e. The smallest absolute Gasteiger partial charge is 0.309 e. The Morgan fingerprint density at radius 2 is 2.00 bits per heavy atom. The van der Waals surface area contributed by atoms with Crippen LogP contribution in [0, 0.1) is 5.92 Å². The Kier molecular flexibility index (Phi) is 6.03. The average Bonchev–Trinajstić information content (AvgIpc) is 2.50. The van der Waals surface area contributed by atoms with Crippen molar-refractivity contribution in [2.24, 2.45) is 5.92 Å². The van der Waals surface area contributed by atoms with Crippen molar-refractivity contribution in [1.82, 2.24) is 4.98 Å². The zero-order valence-corrected chi connectivity index (χ0v) is 13.8. The molecule has 0 spiro atoms. The van der Waals surface area contributed by atoms with E-state index >= 15 is 0 Å². The Morgan fingerprint density at radius 3 is 2.64 bits per heavy atom. The molecule has 1 saturated carbocycles. The van der Waals surface area contributed by atoms with Gasteiger partial charge in [-0.1, -0.05) is 42.5 Å². The van der Waals surface area contributed by atoms with Gasteiger partial charge in [0.25, 0.3) is 5.91 Å². The van der Waals surface area contributed by atoms with Crippen molar-refractivity contribution < 1.29 is 14.3 Å². The maximum absolute atomic E-state index is 12.0. The quantitative estimate of drug-likeness (QED) is 0.842. The summed E-state index contributed by atoms with van der Waals surface area (Å²) >= 11 is 11.7. The molecule has 1 amide bonds. The molecule has 2 rings (SSSR count). The van der Waals surface area contributed by atoms with Gasteiger partial charge in [-0.05, 0) is 25.8 Å². The van der Waals surface area contributed by atoms with Crippen LogP contribution in [0.4, 0.5) is 5.82 Å². The first-order valence-electron chi connectivity index (χ1n) is 7.30. The maximum atomic E-state index is 12.0. The van der Waals surface area contributed by atoms with Crippen LogP contribution in [0.3, 0.4) is 0 Å². The molecule has 1 heterocycles. The number of anilines is 1. The van der Waals surface area contributed by atoms with Gasteiger partial charge in [0.05, 0.1) is 16.0 Å². The Labute approximate surface area is 139 Å². The number of esters is 1. The normalized spacial score (nSPS) is 16.9. The molecular weight excluding hydrogens is 327 g/mol. The van der Waals surface area contributed by atoms with Crippen molar-refractivity contribution in [3.8, 4) is 0 Å². The number of nitrogens with one attached hydrogen (secondary N) is 1. The second-order valence-electron chi connectivity index (χ2n) is 5.39. The topological polar surface area (TPSA) is 68.3 Å². The number of carbonyl (C=O) groups is 2. The molecule has 1 unspecified atom stereocenters. The van der Waals surface area contributed by atoms with Gasteiger partial charge in [0, 0.05) is 6.20 Å². The maximum Gasteiger partial charge on any atom is 0.309 e. The van der Waals surface area contributed by atoms with Gasteiger partial charge >= 0.3 is 5.97 Å². The fraction of sp³-hybridized carbons (Fsp3) is 0.533. The second kappa shape index (κ2) is 7.79. The summed E-state index contributed by atoms with van der Waals surface area (Å²) in [7, 11) is 0. The van der Waals surface area contributed by atoms with Crippen molar-refractivity contribution in [3.05, 3.63) is 22.3 Å². The number of nitrogens with zero attached hydrogens (tertiary/aromatic N) is 1. The number of amides is 1. The molecular formula is C15H18Cl2N2O3. The van der Waals surface area contributed by atoms with Crippen LogP contribution in [0.5, 0.6) is 0 Å². The molecule has 0 aliphatic heterocycles. The van der Waals surface area contributed by atoms with Crippen LogP contribution in [0.15, 0.2) is 12.3 Å². The number of hydrogen-bond donors (Lipinski definition) is 1. The summed E-state index contributed by atoms with van der Waals surface area (Å²) in [5.41, 5.74) is 0. The molecule has 0 bridgehead atoms. The highest BCUT2D eigenvalue weighted by Crippen LogP contribution is 2.25. The molecule has 1 aliphatic carbocycles. The first-order chi connectivity index (χ1) is 10.5. The van der Waals surface area contributed by atoms with E-state index in [1.807, 2.05) is 0 Å². The van der Waals surface area contributed by atoms with Crippen molar-refractivity contribution in [2.75, 3.05) is 5.32 Å². The van der Waals surface area contributed by atoms with Gasteiger partial charge in [0.1, 0.15) is 0 Å². The molecule has 0 saturated heterocycles. The highest BCUT2D eigenvalue weighted by atomic mass is 35.5. The first-order valence-corrected chi connectivity index (χ1v) is 8.05. The Morgan fingerprint density at radius 1 is 1.32 bits per heavy atom. The molecule has 120 valence electrons. The van der Waals surface area contributed by atoms with Gasteiger partial charge in [-0.25, -0.2) is 4.98 Å². The molecule has 1 N–H and O–H groups in total. The average molecular weight is 345 g/mol. The lowest BCUT2D eigenvalue weighted by atomic mass is 9.89. The summed E-state index contributed by atoms with van der Waals surface area (Å²) in [5, 5.41) is 3.13. The molecule has 1 fully saturated rings. The van der Waals surface area contributed by atoms with Gasteiger partial charge in [-0.2, -0.15) is 0 Å². The molecule has 1 aromatic heterocycles. The lowest BCUT2D eigenvalue weighted by Gasteiger charge is -2.22. The first kappa shape index (κ1) is 17.0. The van der Waals surface area contributed by atoms with E-state index in [0.717, 1.165) is 32.1 Å². The summed E-state index contributed by atoms with van der Waals surface area (Å²) in [5.74, 6) is -0.684. The minimum atomic E-state index is -0.900. The molecule has 1 aromatic rings. The van der Waals surface area contributed by atoms with Crippen LogP contribution in [0.25, 0.3) is 0 Å². The SMILES string of the molecule is CC(OC(=O)C1CCCCC1)C(=O)Nc1ncc(Cl)cc1Cl. The van der Waals surface area contributed by atoms with Gasteiger partial charge in [-0.15, -0.1) is 0 Å². The second-order valence-corrected chi connectivity index (χ2v) is 6.23. The van der Waals surface area contributed by atoms with Gasteiger partial charge < -0.3 is 10.1 Å². The lowest BCUT2D eigenvalue weighted by Crippen LogP contribution is -2.33. The number of hydrogen-bond acceptors (Lipinski definition) is 4. The van der Waals surface area contributed by atoms with Crippen molar-refractivity contribution in [2.45, 2.75) is 45.1 Å². The highest BCUT2D eigenvalue weighted by molar-refractivity contribution is 6.36. The van der Waals surface area contributed by atoms with Crippen LogP contribution in [0.2, 0.25) is 10.0 Å². The van der Waals surface area contributed by atoms with E-state index in [0.29, 0.717) is 5.02 Å². The highest BCUT2D eigenvalue weighted by Gasteiger charge is 2.26. The lowest BCUT2D eigenvalue weighted by molar-refractivity contribution is -0.158. The third kappa shape index (κ3) is 4.58. The Bertz CT molecular complexity index is 560. The van der Waals surface area contributed by atoms with E-state index in [2.05, 4.69) is 10.3 Å². The Balaban J connectivity index is 1.89. The number of carbonyl (C=O) groups excluding carboxylic acids is 2. The summed E-state index contributed by atoms with van der Waals surface area (Å²) in [6.45, 7) is 1.53. The molecule has 22 heavy (non-hydrogen) atoms. The summed E-state index contributed by atoms with van der Waals surface area (Å²) in [6.07, 6.45) is 5.36. The summed E-state index contributed by atoms with van der Waals surface area (Å²) < 4.78 is 5.24. The third-order valence-electron chi connectivity index (χ3n) is 3.65. The van der Waals surface area contributed by atoms with Crippen LogP contribution in [-0.4, -0.2) is 23.0 Å². The minimum absolute atomic E-state index is 0.0961. The molecule has 5 nitrogen and oxygen atoms in total. The van der Waals surface area contributed by atoms with Crippen molar-refractivity contribution in [3.63, 3.8) is 0 Å². The largest absolute Gasteiger partial charge is 0.452 e. The zero-order valence-electron chi connectivity index (χ0n) is 12.3. The molecule has 7 heteroatoms. The fourth-order valence-electron chi connectivity index (χ4n) is 2.39. The van der Waals surface area contributed by atoms with E-state index in [1.165, 1.54) is 19.2 Å². The fourth-order valence-corrected chi connectivity index (χ4v) is 2.81. The Hall–Kier alpha value is -1.33. The molecule has 0 aromatic carbocycles. The van der Waals surface area contributed by atoms with Gasteiger partial charge in [0.15, 0.2) is 11.9 Å². The number of aromatic nitrogens is 1. The number of rotatable bonds is 4. The van der Waals surface area contributed by atoms with E-state index in [1.54, 1.807) is 0 Å². The van der Waals surface area contributed by atoms with E-state index < -0.39 is 12.0 Å². The number of halogens is 2. The van der Waals surface area contributed by atoms with E-state index in [-0.39, 0.29) is 22.7 Å². The van der Waals surface area contributed by atoms with Crippen molar-refractivity contribution >= 4 is 40.9 Å². The van der Waals surface area contributed by atoms with E-state index in [4.69, 9.17) is 27.9 Å². The monoisotopic (exact) mass is 344 g/mol. The molecule has 0 radical (unpaired) electrons. The van der Waals surface area contributed by atoms with Crippen LogP contribution in [-0.2, 0) is 14.3 Å². The zero-order chi connectivity index (χ0) is 16.1. The predicted molar refractivity (Wildman–Crippen MR) is 85.0 cm³/mol. The van der Waals surface area contributed by atoms with Crippen LogP contribution >= 0.6 is 23.2 Å². The summed E-state index contributed by atoms with van der Waals surface area (Å²) in [4.78, 5) is 28.0. The number of ether oxygens (including phenoxy) is 1. The molecule has 1 aliphatic rings. The number of pyridine rings is 1. The van der Waals surface area contributed by atoms with Crippen LogP contribution < -0.4 is 5.32 Å². The van der Waals surface area contributed by atoms with E-state index in [9.17, 15) is 9.59 Å². The summed E-state index contributed by atoms with van der Waals surface area (Å²) in [6, 6.07) is 1.48. The van der Waals surface area contributed by atoms with Gasteiger partial charge in [0.2, 0.25) is 0 Å². The van der Waals surface area contributed by atoms with Crippen LogP contribution in [0.1, 0.15) is 39.0 Å².